The van der Waals surface area contributed by atoms with Crippen molar-refractivity contribution in [3.63, 3.8) is 0 Å². The highest BCUT2D eigenvalue weighted by atomic mass is 32.1. The number of nitrogens with zero attached hydrogens (tertiary/aromatic N) is 2. The van der Waals surface area contributed by atoms with Crippen LogP contribution in [-0.4, -0.2) is 37.1 Å². The van der Waals surface area contributed by atoms with E-state index >= 15 is 0 Å². The molecule has 2 bridgehead atoms. The van der Waals surface area contributed by atoms with Crippen LogP contribution < -0.4 is 4.90 Å². The molecule has 3 heteroatoms. The number of piperidine rings is 3. The Morgan fingerprint density at radius 2 is 1.46 bits per heavy atom. The molecule has 2 nitrogen and oxygen atoms in total. The van der Waals surface area contributed by atoms with Gasteiger partial charge in [0, 0.05) is 25.0 Å². The van der Waals surface area contributed by atoms with Crippen molar-refractivity contribution >= 4 is 16.3 Å². The molecule has 3 aromatic rings. The summed E-state index contributed by atoms with van der Waals surface area (Å²) in [5.74, 6) is 1.18. The summed E-state index contributed by atoms with van der Waals surface area (Å²) >= 11 is 1.86. The van der Waals surface area contributed by atoms with Crippen LogP contribution in [0.3, 0.4) is 0 Å². The van der Waals surface area contributed by atoms with Gasteiger partial charge < -0.3 is 4.90 Å². The Balaban J connectivity index is 1.61. The minimum atomic E-state index is 0.401. The highest BCUT2D eigenvalue weighted by molar-refractivity contribution is 7.14. The van der Waals surface area contributed by atoms with Crippen molar-refractivity contribution in [1.29, 1.82) is 0 Å². The molecule has 0 radical (unpaired) electrons. The van der Waals surface area contributed by atoms with Gasteiger partial charge in [0.05, 0.1) is 5.00 Å². The molecule has 3 fully saturated rings. The molecule has 3 saturated heterocycles. The van der Waals surface area contributed by atoms with Gasteiger partial charge in [-0.15, -0.1) is 11.3 Å². The predicted octanol–water partition coefficient (Wildman–Crippen LogP) is 5.48. The summed E-state index contributed by atoms with van der Waals surface area (Å²) < 4.78 is 0. The van der Waals surface area contributed by atoms with Crippen LogP contribution in [0.25, 0.3) is 0 Å². The number of anilines is 1. The zero-order chi connectivity index (χ0) is 18.9. The molecule has 28 heavy (non-hydrogen) atoms. The van der Waals surface area contributed by atoms with Gasteiger partial charge in [-0.2, -0.15) is 0 Å². The molecule has 0 N–H and O–H groups in total. The second-order valence-corrected chi connectivity index (χ2v) is 9.14. The molecule has 3 aliphatic rings. The van der Waals surface area contributed by atoms with Gasteiger partial charge in [0.15, 0.2) is 0 Å². The van der Waals surface area contributed by atoms with E-state index in [0.717, 1.165) is 5.92 Å². The van der Waals surface area contributed by atoms with Crippen LogP contribution in [0, 0.1) is 5.92 Å². The second-order valence-electron chi connectivity index (χ2n) is 8.22. The van der Waals surface area contributed by atoms with E-state index in [4.69, 9.17) is 0 Å². The van der Waals surface area contributed by atoms with Gasteiger partial charge in [0.25, 0.3) is 0 Å². The maximum atomic E-state index is 2.78. The fraction of sp³-hybridized carbons (Fsp3) is 0.360. The molecular formula is C25H28N2S. The first-order valence-electron chi connectivity index (χ1n) is 10.4. The van der Waals surface area contributed by atoms with E-state index in [-0.39, 0.29) is 0 Å². The number of thiophene rings is 1. The summed E-state index contributed by atoms with van der Waals surface area (Å²) in [6.07, 6.45) is 2.65. The Hall–Kier alpha value is -2.10. The number of fused-ring (bicyclic) bond motifs is 3. The van der Waals surface area contributed by atoms with E-state index in [0.29, 0.717) is 18.0 Å². The Morgan fingerprint density at radius 1 is 0.857 bits per heavy atom. The highest BCUT2D eigenvalue weighted by Gasteiger charge is 2.48. The maximum absolute atomic E-state index is 2.78. The molecular weight excluding hydrogens is 360 g/mol. The fourth-order valence-electron chi connectivity index (χ4n) is 5.53. The van der Waals surface area contributed by atoms with Gasteiger partial charge in [-0.3, -0.25) is 4.90 Å². The van der Waals surface area contributed by atoms with Crippen molar-refractivity contribution in [3.8, 4) is 0 Å². The lowest BCUT2D eigenvalue weighted by Gasteiger charge is -2.56. The van der Waals surface area contributed by atoms with Crippen LogP contribution in [0.15, 0.2) is 78.2 Å². The van der Waals surface area contributed by atoms with Crippen molar-refractivity contribution in [2.75, 3.05) is 25.0 Å². The molecule has 0 aliphatic carbocycles. The lowest BCUT2D eigenvalue weighted by molar-refractivity contribution is 0.0188. The van der Waals surface area contributed by atoms with Crippen LogP contribution in [0.4, 0.5) is 5.00 Å². The Morgan fingerprint density at radius 3 is 2.00 bits per heavy atom. The summed E-state index contributed by atoms with van der Waals surface area (Å²) in [6.45, 7) is 2.47. The van der Waals surface area contributed by atoms with Crippen molar-refractivity contribution in [1.82, 2.24) is 4.90 Å². The van der Waals surface area contributed by atoms with Crippen molar-refractivity contribution in [3.05, 3.63) is 89.3 Å². The number of benzene rings is 2. The van der Waals surface area contributed by atoms with Crippen LogP contribution in [0.1, 0.15) is 29.9 Å². The van der Waals surface area contributed by atoms with Crippen molar-refractivity contribution in [2.45, 2.75) is 30.8 Å². The fourth-order valence-corrected chi connectivity index (χ4v) is 6.27. The third-order valence-corrected chi connectivity index (χ3v) is 7.75. The number of hydrogen-bond donors (Lipinski definition) is 0. The van der Waals surface area contributed by atoms with Crippen LogP contribution in [0.2, 0.25) is 0 Å². The van der Waals surface area contributed by atoms with Crippen LogP contribution >= 0.6 is 11.3 Å². The number of hydrogen-bond acceptors (Lipinski definition) is 3. The minimum Gasteiger partial charge on any atom is -0.362 e. The zero-order valence-corrected chi connectivity index (χ0v) is 17.3. The number of rotatable bonds is 5. The van der Waals surface area contributed by atoms with Gasteiger partial charge in [-0.25, -0.2) is 0 Å². The first-order valence-corrected chi connectivity index (χ1v) is 11.3. The Kier molecular flexibility index (Phi) is 4.96. The minimum absolute atomic E-state index is 0.401. The topological polar surface area (TPSA) is 6.48 Å². The van der Waals surface area contributed by atoms with E-state index in [1.165, 1.54) is 42.1 Å². The summed E-state index contributed by atoms with van der Waals surface area (Å²) in [6, 6.07) is 27.8. The first kappa shape index (κ1) is 18.0. The Labute approximate surface area is 172 Å². The molecule has 1 aromatic heterocycles. The maximum Gasteiger partial charge on any atom is 0.0909 e. The average Bonchev–Trinajstić information content (AvgIpc) is 3.31. The zero-order valence-electron chi connectivity index (χ0n) is 16.4. The molecule has 6 rings (SSSR count). The monoisotopic (exact) mass is 388 g/mol. The summed E-state index contributed by atoms with van der Waals surface area (Å²) in [4.78, 5) is 5.36. The molecule has 144 valence electrons. The average molecular weight is 389 g/mol. The molecule has 0 spiro atoms. The largest absolute Gasteiger partial charge is 0.362 e. The van der Waals surface area contributed by atoms with Crippen LogP contribution in [0.5, 0.6) is 0 Å². The van der Waals surface area contributed by atoms with Crippen molar-refractivity contribution < 1.29 is 0 Å². The molecule has 0 saturated carbocycles. The van der Waals surface area contributed by atoms with E-state index in [2.05, 4.69) is 95.0 Å². The molecule has 4 heterocycles. The van der Waals surface area contributed by atoms with Gasteiger partial charge in [-0.05, 0) is 60.5 Å². The smallest absolute Gasteiger partial charge is 0.0909 e. The van der Waals surface area contributed by atoms with Gasteiger partial charge in [-0.1, -0.05) is 60.7 Å². The standard InChI is InChI=1S/C25H28N2S/c1-26(22-13-8-18-28-22)24-21-14-16-27(17-15-21)25(24)23(19-9-4-2-5-10-19)20-11-6-3-7-12-20/h2-13,18,21,23-25H,14-17H2,1H3/t24-,25-/m1/s1. The summed E-state index contributed by atoms with van der Waals surface area (Å²) in [5.41, 5.74) is 2.88. The molecule has 2 aromatic carbocycles. The van der Waals surface area contributed by atoms with Gasteiger partial charge in [0.1, 0.15) is 0 Å². The van der Waals surface area contributed by atoms with Crippen molar-refractivity contribution in [2.24, 2.45) is 5.92 Å². The summed E-state index contributed by atoms with van der Waals surface area (Å²) in [7, 11) is 2.32. The normalized spacial score (nSPS) is 26.5. The third-order valence-electron chi connectivity index (χ3n) is 6.79. The quantitative estimate of drug-likeness (QED) is 0.571. The lowest BCUT2D eigenvalue weighted by Crippen LogP contribution is -2.64. The van der Waals surface area contributed by atoms with E-state index in [9.17, 15) is 0 Å². The summed E-state index contributed by atoms with van der Waals surface area (Å²) in [5, 5.41) is 3.59. The Bertz CT molecular complexity index is 830. The molecule has 3 aliphatic heterocycles. The first-order chi connectivity index (χ1) is 13.8. The van der Waals surface area contributed by atoms with Gasteiger partial charge in [0.2, 0.25) is 0 Å². The molecule has 2 atom stereocenters. The van der Waals surface area contributed by atoms with Gasteiger partial charge >= 0.3 is 0 Å². The van der Waals surface area contributed by atoms with Crippen LogP contribution in [-0.2, 0) is 0 Å². The van der Waals surface area contributed by atoms with E-state index < -0.39 is 0 Å². The lowest BCUT2D eigenvalue weighted by atomic mass is 9.70. The van der Waals surface area contributed by atoms with E-state index in [1.54, 1.807) is 0 Å². The third kappa shape index (κ3) is 3.17. The van der Waals surface area contributed by atoms with E-state index in [1.807, 2.05) is 11.3 Å². The number of likely N-dealkylation sites (N-methyl/N-ethyl adjacent to an activating group) is 1. The molecule has 0 amide bonds. The SMILES string of the molecule is CN(c1cccs1)[C@@H]1C2CCN(CC2)[C@@H]1C(c1ccccc1)c1ccccc1. The predicted molar refractivity (Wildman–Crippen MR) is 119 cm³/mol. The molecule has 0 unspecified atom stereocenters. The highest BCUT2D eigenvalue weighted by Crippen LogP contribution is 2.45. The second kappa shape index (κ2) is 7.73.